The van der Waals surface area contributed by atoms with Crippen LogP contribution in [0.5, 0.6) is 0 Å². The number of hydrogen-bond acceptors (Lipinski definition) is 3. The third-order valence-electron chi connectivity index (χ3n) is 1.81. The van der Waals surface area contributed by atoms with Crippen molar-refractivity contribution in [1.29, 1.82) is 0 Å². The number of nitrogens with zero attached hydrogens (tertiary/aromatic N) is 1. The van der Waals surface area contributed by atoms with Crippen LogP contribution in [0, 0.1) is 0 Å². The molecule has 0 amide bonds. The Balaban J connectivity index is 3.13. The summed E-state index contributed by atoms with van der Waals surface area (Å²) in [4.78, 5) is 14.3. The molecule has 0 radical (unpaired) electrons. The molecule has 4 heteroatoms. The number of pyridine rings is 1. The molecule has 0 saturated heterocycles. The van der Waals surface area contributed by atoms with Crippen molar-refractivity contribution in [2.24, 2.45) is 0 Å². The van der Waals surface area contributed by atoms with E-state index >= 15 is 0 Å². The Kier molecular flexibility index (Phi) is 2.51. The lowest BCUT2D eigenvalue weighted by Crippen LogP contribution is -2.06. The summed E-state index contributed by atoms with van der Waals surface area (Å²) in [6.07, 6.45) is 1.55. The Morgan fingerprint density at radius 1 is 1.62 bits per heavy atom. The Labute approximate surface area is 76.4 Å². The van der Waals surface area contributed by atoms with Crippen molar-refractivity contribution in [2.45, 2.75) is 19.8 Å². The van der Waals surface area contributed by atoms with Gasteiger partial charge >= 0.3 is 5.97 Å². The summed E-state index contributed by atoms with van der Waals surface area (Å²) in [6, 6.07) is 1.65. The maximum Gasteiger partial charge on any atom is 0.356 e. The van der Waals surface area contributed by atoms with Gasteiger partial charge in [-0.1, -0.05) is 13.8 Å². The second-order valence-corrected chi connectivity index (χ2v) is 3.17. The molecule has 0 atom stereocenters. The van der Waals surface area contributed by atoms with Crippen molar-refractivity contribution >= 4 is 11.7 Å². The molecule has 13 heavy (non-hydrogen) atoms. The fraction of sp³-hybridized carbons (Fsp3) is 0.333. The van der Waals surface area contributed by atoms with Crippen LogP contribution in [-0.2, 0) is 0 Å². The van der Waals surface area contributed by atoms with Gasteiger partial charge in [0.25, 0.3) is 0 Å². The molecule has 0 aromatic carbocycles. The largest absolute Gasteiger partial charge is 0.476 e. The minimum Gasteiger partial charge on any atom is -0.476 e. The second kappa shape index (κ2) is 3.43. The SMILES string of the molecule is CC(C)c1cnc(C(=O)O)c(N)c1. The Morgan fingerprint density at radius 3 is 2.62 bits per heavy atom. The number of hydrogen-bond donors (Lipinski definition) is 2. The van der Waals surface area contributed by atoms with Gasteiger partial charge in [-0.15, -0.1) is 0 Å². The lowest BCUT2D eigenvalue weighted by molar-refractivity contribution is 0.0691. The third-order valence-corrected chi connectivity index (χ3v) is 1.81. The molecule has 1 aromatic rings. The summed E-state index contributed by atoms with van der Waals surface area (Å²) in [5.74, 6) is -0.787. The summed E-state index contributed by atoms with van der Waals surface area (Å²) in [5.41, 5.74) is 6.61. The number of nitrogens with two attached hydrogens (primary N) is 1. The smallest absolute Gasteiger partial charge is 0.356 e. The first kappa shape index (κ1) is 9.51. The second-order valence-electron chi connectivity index (χ2n) is 3.17. The van der Waals surface area contributed by atoms with Gasteiger partial charge in [-0.05, 0) is 17.5 Å². The lowest BCUT2D eigenvalue weighted by atomic mass is 10.0. The highest BCUT2D eigenvalue weighted by Crippen LogP contribution is 2.17. The molecule has 0 spiro atoms. The highest BCUT2D eigenvalue weighted by Gasteiger charge is 2.10. The molecular weight excluding hydrogens is 168 g/mol. The van der Waals surface area contributed by atoms with Crippen LogP contribution in [-0.4, -0.2) is 16.1 Å². The van der Waals surface area contributed by atoms with Gasteiger partial charge in [0, 0.05) is 6.20 Å². The molecule has 1 heterocycles. The van der Waals surface area contributed by atoms with E-state index in [0.29, 0.717) is 5.92 Å². The van der Waals surface area contributed by atoms with Crippen LogP contribution in [0.1, 0.15) is 35.8 Å². The minimum atomic E-state index is -1.09. The molecule has 0 aliphatic rings. The zero-order valence-corrected chi connectivity index (χ0v) is 7.61. The molecular formula is C9H12N2O2. The summed E-state index contributed by atoms with van der Waals surface area (Å²) in [7, 11) is 0. The number of carboxylic acids is 1. The topological polar surface area (TPSA) is 76.2 Å². The van der Waals surface area contributed by atoms with Crippen molar-refractivity contribution in [2.75, 3.05) is 5.73 Å². The molecule has 0 aliphatic heterocycles. The number of aromatic carboxylic acids is 1. The van der Waals surface area contributed by atoms with E-state index in [4.69, 9.17) is 10.8 Å². The monoisotopic (exact) mass is 180 g/mol. The predicted octanol–water partition coefficient (Wildman–Crippen LogP) is 1.49. The van der Waals surface area contributed by atoms with Gasteiger partial charge in [-0.3, -0.25) is 0 Å². The standard InChI is InChI=1S/C9H12N2O2/c1-5(2)6-3-7(10)8(9(12)13)11-4-6/h3-5H,10H2,1-2H3,(H,12,13). The van der Waals surface area contributed by atoms with E-state index in [9.17, 15) is 4.79 Å². The molecule has 1 rings (SSSR count). The third kappa shape index (κ3) is 1.96. The van der Waals surface area contributed by atoms with Crippen LogP contribution >= 0.6 is 0 Å². The van der Waals surface area contributed by atoms with Crippen LogP contribution in [0.15, 0.2) is 12.3 Å². The van der Waals surface area contributed by atoms with Crippen LogP contribution in [0.3, 0.4) is 0 Å². The summed E-state index contributed by atoms with van der Waals surface area (Å²) >= 11 is 0. The van der Waals surface area contributed by atoms with Gasteiger partial charge < -0.3 is 10.8 Å². The molecule has 0 fully saturated rings. The Bertz CT molecular complexity index is 334. The van der Waals surface area contributed by atoms with E-state index in [1.54, 1.807) is 12.3 Å². The summed E-state index contributed by atoms with van der Waals surface area (Å²) < 4.78 is 0. The average molecular weight is 180 g/mol. The molecule has 3 N–H and O–H groups in total. The van der Waals surface area contributed by atoms with Crippen molar-refractivity contribution in [3.05, 3.63) is 23.5 Å². The summed E-state index contributed by atoms with van der Waals surface area (Å²) in [6.45, 7) is 3.99. The maximum atomic E-state index is 10.6. The molecule has 4 nitrogen and oxygen atoms in total. The van der Waals surface area contributed by atoms with E-state index < -0.39 is 5.97 Å². The number of carboxylic acid groups (broad SMARTS) is 1. The van der Waals surface area contributed by atoms with E-state index in [-0.39, 0.29) is 11.4 Å². The molecule has 0 saturated carbocycles. The van der Waals surface area contributed by atoms with Crippen LogP contribution in [0.4, 0.5) is 5.69 Å². The van der Waals surface area contributed by atoms with Crippen molar-refractivity contribution in [3.8, 4) is 0 Å². The van der Waals surface area contributed by atoms with Crippen LogP contribution < -0.4 is 5.73 Å². The van der Waals surface area contributed by atoms with Gasteiger partial charge in [0.2, 0.25) is 0 Å². The van der Waals surface area contributed by atoms with Crippen molar-refractivity contribution in [3.63, 3.8) is 0 Å². The quantitative estimate of drug-likeness (QED) is 0.722. The highest BCUT2D eigenvalue weighted by atomic mass is 16.4. The first-order chi connectivity index (χ1) is 6.02. The fourth-order valence-electron chi connectivity index (χ4n) is 0.993. The van der Waals surface area contributed by atoms with Crippen molar-refractivity contribution in [1.82, 2.24) is 4.98 Å². The molecule has 0 unspecified atom stereocenters. The molecule has 1 aromatic heterocycles. The number of anilines is 1. The number of rotatable bonds is 2. The van der Waals surface area contributed by atoms with Crippen LogP contribution in [0.2, 0.25) is 0 Å². The van der Waals surface area contributed by atoms with Gasteiger partial charge in [0.1, 0.15) is 0 Å². The average Bonchev–Trinajstić information content (AvgIpc) is 2.03. The van der Waals surface area contributed by atoms with E-state index in [2.05, 4.69) is 4.98 Å². The van der Waals surface area contributed by atoms with E-state index in [1.807, 2.05) is 13.8 Å². The molecule has 0 bridgehead atoms. The number of aromatic nitrogens is 1. The van der Waals surface area contributed by atoms with Gasteiger partial charge in [0.05, 0.1) is 5.69 Å². The summed E-state index contributed by atoms with van der Waals surface area (Å²) in [5, 5.41) is 8.65. The highest BCUT2D eigenvalue weighted by molar-refractivity contribution is 5.91. The molecule has 70 valence electrons. The maximum absolute atomic E-state index is 10.6. The van der Waals surface area contributed by atoms with Gasteiger partial charge in [0.15, 0.2) is 5.69 Å². The fourth-order valence-corrected chi connectivity index (χ4v) is 0.993. The molecule has 0 aliphatic carbocycles. The van der Waals surface area contributed by atoms with Gasteiger partial charge in [-0.25, -0.2) is 9.78 Å². The lowest BCUT2D eigenvalue weighted by Gasteiger charge is -2.06. The first-order valence-corrected chi connectivity index (χ1v) is 4.01. The first-order valence-electron chi connectivity index (χ1n) is 4.01. The zero-order valence-electron chi connectivity index (χ0n) is 7.61. The predicted molar refractivity (Wildman–Crippen MR) is 49.7 cm³/mol. The zero-order chi connectivity index (χ0) is 10.0. The van der Waals surface area contributed by atoms with E-state index in [1.165, 1.54) is 0 Å². The van der Waals surface area contributed by atoms with Crippen LogP contribution in [0.25, 0.3) is 0 Å². The number of carbonyl (C=O) groups is 1. The Hall–Kier alpha value is -1.58. The van der Waals surface area contributed by atoms with E-state index in [0.717, 1.165) is 5.56 Å². The minimum absolute atomic E-state index is 0.0793. The normalized spacial score (nSPS) is 10.4. The number of nitrogen functional groups attached to an aromatic ring is 1. The Morgan fingerprint density at radius 2 is 2.23 bits per heavy atom. The van der Waals surface area contributed by atoms with Gasteiger partial charge in [-0.2, -0.15) is 0 Å². The van der Waals surface area contributed by atoms with Crippen molar-refractivity contribution < 1.29 is 9.90 Å².